The third kappa shape index (κ3) is 1.79. The third-order valence-electron chi connectivity index (χ3n) is 2.54. The maximum absolute atomic E-state index is 10.5. The number of carboxylic acid groups (broad SMARTS) is 1. The first-order valence-electron chi connectivity index (χ1n) is 4.70. The molecule has 2 aliphatic rings. The SMILES string of the molecule is O=C(O)C1OC2OC(C(O)CO)C(O)C2O1. The van der Waals surface area contributed by atoms with Gasteiger partial charge < -0.3 is 34.6 Å². The molecular weight excluding hydrogens is 224 g/mol. The highest BCUT2D eigenvalue weighted by Gasteiger charge is 2.55. The third-order valence-corrected chi connectivity index (χ3v) is 2.54. The first-order chi connectivity index (χ1) is 7.54. The summed E-state index contributed by atoms with van der Waals surface area (Å²) in [6, 6.07) is 0. The second-order valence-corrected chi connectivity index (χ2v) is 3.62. The van der Waals surface area contributed by atoms with Gasteiger partial charge in [-0.05, 0) is 0 Å². The van der Waals surface area contributed by atoms with Gasteiger partial charge in [0.05, 0.1) is 6.61 Å². The number of carbonyl (C=O) groups is 1. The smallest absolute Gasteiger partial charge is 0.361 e. The predicted molar refractivity (Wildman–Crippen MR) is 45.1 cm³/mol. The van der Waals surface area contributed by atoms with E-state index in [9.17, 15) is 15.0 Å². The maximum atomic E-state index is 10.5. The second kappa shape index (κ2) is 4.24. The summed E-state index contributed by atoms with van der Waals surface area (Å²) in [5, 5.41) is 36.3. The van der Waals surface area contributed by atoms with Gasteiger partial charge >= 0.3 is 5.97 Å². The van der Waals surface area contributed by atoms with E-state index >= 15 is 0 Å². The monoisotopic (exact) mass is 236 g/mol. The molecule has 92 valence electrons. The highest BCUT2D eigenvalue weighted by molar-refractivity contribution is 5.71. The van der Waals surface area contributed by atoms with Crippen LogP contribution < -0.4 is 0 Å². The molecule has 2 heterocycles. The summed E-state index contributed by atoms with van der Waals surface area (Å²) in [5.74, 6) is -1.32. The van der Waals surface area contributed by atoms with Crippen molar-refractivity contribution in [3.8, 4) is 0 Å². The van der Waals surface area contributed by atoms with Gasteiger partial charge in [-0.2, -0.15) is 0 Å². The van der Waals surface area contributed by atoms with Crippen LogP contribution in [0.1, 0.15) is 0 Å². The van der Waals surface area contributed by atoms with E-state index in [0.29, 0.717) is 0 Å². The van der Waals surface area contributed by atoms with E-state index in [0.717, 1.165) is 0 Å². The Morgan fingerprint density at radius 1 is 1.31 bits per heavy atom. The fourth-order valence-corrected chi connectivity index (χ4v) is 1.75. The topological polar surface area (TPSA) is 126 Å². The largest absolute Gasteiger partial charge is 0.477 e. The number of hydrogen-bond acceptors (Lipinski definition) is 7. The van der Waals surface area contributed by atoms with E-state index in [2.05, 4.69) is 0 Å². The van der Waals surface area contributed by atoms with E-state index in [1.165, 1.54) is 0 Å². The Morgan fingerprint density at radius 3 is 2.50 bits per heavy atom. The molecule has 0 aromatic rings. The highest BCUT2D eigenvalue weighted by atomic mass is 16.8. The molecule has 0 saturated carbocycles. The Labute approximate surface area is 90.0 Å². The lowest BCUT2D eigenvalue weighted by atomic mass is 10.1. The zero-order valence-electron chi connectivity index (χ0n) is 8.09. The first-order valence-corrected chi connectivity index (χ1v) is 4.70. The lowest BCUT2D eigenvalue weighted by Crippen LogP contribution is -2.41. The molecule has 6 unspecified atom stereocenters. The van der Waals surface area contributed by atoms with Gasteiger partial charge in [-0.15, -0.1) is 0 Å². The fraction of sp³-hybridized carbons (Fsp3) is 0.875. The molecule has 0 radical (unpaired) electrons. The second-order valence-electron chi connectivity index (χ2n) is 3.62. The zero-order chi connectivity index (χ0) is 11.9. The Balaban J connectivity index is 2.01. The highest BCUT2D eigenvalue weighted by Crippen LogP contribution is 2.33. The minimum Gasteiger partial charge on any atom is -0.477 e. The summed E-state index contributed by atoms with van der Waals surface area (Å²) in [6.07, 6.45) is -7.03. The van der Waals surface area contributed by atoms with Crippen molar-refractivity contribution in [2.75, 3.05) is 6.61 Å². The predicted octanol–water partition coefficient (Wildman–Crippen LogP) is -2.75. The molecule has 2 fully saturated rings. The first kappa shape index (κ1) is 11.7. The molecular formula is C8H12O8. The van der Waals surface area contributed by atoms with Gasteiger partial charge in [0.1, 0.15) is 24.4 Å². The quantitative estimate of drug-likeness (QED) is 0.415. The van der Waals surface area contributed by atoms with Gasteiger partial charge in [-0.25, -0.2) is 4.79 Å². The Hall–Kier alpha value is -0.770. The average molecular weight is 236 g/mol. The Bertz CT molecular complexity index is 281. The number of rotatable bonds is 3. The number of aliphatic hydroxyl groups excluding tert-OH is 3. The van der Waals surface area contributed by atoms with Crippen molar-refractivity contribution in [2.24, 2.45) is 0 Å². The lowest BCUT2D eigenvalue weighted by Gasteiger charge is -2.21. The Morgan fingerprint density at radius 2 is 2.00 bits per heavy atom. The van der Waals surface area contributed by atoms with E-state index in [4.69, 9.17) is 24.4 Å². The van der Waals surface area contributed by atoms with E-state index in [-0.39, 0.29) is 0 Å². The van der Waals surface area contributed by atoms with E-state index in [1.54, 1.807) is 0 Å². The Kier molecular flexibility index (Phi) is 3.10. The molecule has 2 aliphatic heterocycles. The summed E-state index contributed by atoms with van der Waals surface area (Å²) in [5.41, 5.74) is 0. The van der Waals surface area contributed by atoms with Gasteiger partial charge in [-0.3, -0.25) is 0 Å². The van der Waals surface area contributed by atoms with Crippen molar-refractivity contribution in [2.45, 2.75) is 37.0 Å². The number of ether oxygens (including phenoxy) is 3. The summed E-state index contributed by atoms with van der Waals surface area (Å²) in [6.45, 7) is -0.580. The van der Waals surface area contributed by atoms with Crippen LogP contribution in [0.15, 0.2) is 0 Å². The molecule has 0 bridgehead atoms. The van der Waals surface area contributed by atoms with Crippen molar-refractivity contribution in [3.05, 3.63) is 0 Å². The van der Waals surface area contributed by atoms with Crippen LogP contribution in [0.2, 0.25) is 0 Å². The van der Waals surface area contributed by atoms with E-state index < -0.39 is 49.6 Å². The number of aliphatic hydroxyl groups is 3. The lowest BCUT2D eigenvalue weighted by molar-refractivity contribution is -0.204. The van der Waals surface area contributed by atoms with Crippen LogP contribution in [-0.2, 0) is 19.0 Å². The minimum atomic E-state index is -1.48. The summed E-state index contributed by atoms with van der Waals surface area (Å²) in [7, 11) is 0. The molecule has 0 spiro atoms. The number of aliphatic carboxylic acids is 1. The summed E-state index contributed by atoms with van der Waals surface area (Å²) < 4.78 is 14.8. The molecule has 8 heteroatoms. The van der Waals surface area contributed by atoms with Crippen molar-refractivity contribution in [3.63, 3.8) is 0 Å². The van der Waals surface area contributed by atoms with Gasteiger partial charge in [0, 0.05) is 0 Å². The van der Waals surface area contributed by atoms with E-state index in [1.807, 2.05) is 0 Å². The molecule has 2 saturated heterocycles. The summed E-state index contributed by atoms with van der Waals surface area (Å²) in [4.78, 5) is 10.5. The molecule has 2 rings (SSSR count). The number of fused-ring (bicyclic) bond motifs is 1. The average Bonchev–Trinajstić information content (AvgIpc) is 2.78. The van der Waals surface area contributed by atoms with Crippen molar-refractivity contribution < 1.29 is 39.4 Å². The molecule has 0 amide bonds. The fourth-order valence-electron chi connectivity index (χ4n) is 1.75. The standard InChI is InChI=1S/C8H12O8/c9-1-2(10)4-3(11)5-7(14-4)16-8(15-5)6(12)13/h2-5,7-11H,1H2,(H,12,13). The van der Waals surface area contributed by atoms with Crippen molar-refractivity contribution >= 4 is 5.97 Å². The van der Waals surface area contributed by atoms with Crippen molar-refractivity contribution in [1.82, 2.24) is 0 Å². The number of carboxylic acids is 1. The van der Waals surface area contributed by atoms with Gasteiger partial charge in [-0.1, -0.05) is 0 Å². The maximum Gasteiger partial charge on any atom is 0.361 e. The molecule has 0 aromatic heterocycles. The summed E-state index contributed by atoms with van der Waals surface area (Å²) >= 11 is 0. The van der Waals surface area contributed by atoms with Gasteiger partial charge in [0.2, 0.25) is 0 Å². The molecule has 0 aliphatic carbocycles. The van der Waals surface area contributed by atoms with Crippen LogP contribution in [0.5, 0.6) is 0 Å². The van der Waals surface area contributed by atoms with Crippen LogP contribution in [0, 0.1) is 0 Å². The van der Waals surface area contributed by atoms with Crippen LogP contribution in [-0.4, -0.2) is 70.0 Å². The zero-order valence-corrected chi connectivity index (χ0v) is 8.09. The molecule has 8 nitrogen and oxygen atoms in total. The van der Waals surface area contributed by atoms with Crippen LogP contribution in [0.25, 0.3) is 0 Å². The van der Waals surface area contributed by atoms with Crippen molar-refractivity contribution in [1.29, 1.82) is 0 Å². The minimum absolute atomic E-state index is 0.580. The van der Waals surface area contributed by atoms with Crippen LogP contribution >= 0.6 is 0 Å². The molecule has 0 aromatic carbocycles. The number of hydrogen-bond donors (Lipinski definition) is 4. The van der Waals surface area contributed by atoms with Gasteiger partial charge in [0.25, 0.3) is 6.29 Å². The molecule has 6 atom stereocenters. The van der Waals surface area contributed by atoms with Gasteiger partial charge in [0.15, 0.2) is 6.29 Å². The molecule has 4 N–H and O–H groups in total. The molecule has 16 heavy (non-hydrogen) atoms. The normalized spacial score (nSPS) is 44.3. The van der Waals surface area contributed by atoms with Crippen LogP contribution in [0.3, 0.4) is 0 Å². The van der Waals surface area contributed by atoms with Crippen LogP contribution in [0.4, 0.5) is 0 Å².